The number of carboxylic acids is 1. The molecule has 0 aliphatic rings. The fourth-order valence-corrected chi connectivity index (χ4v) is 1.99. The SMILES string of the molecule is COc1ccc(OCCSC(C)(C)C(=O)O)cc1. The summed E-state index contributed by atoms with van der Waals surface area (Å²) in [5.41, 5.74) is 0. The second-order valence-electron chi connectivity index (χ2n) is 4.19. The van der Waals surface area contributed by atoms with Crippen LogP contribution in [0.25, 0.3) is 0 Å². The topological polar surface area (TPSA) is 55.8 Å². The van der Waals surface area contributed by atoms with Crippen molar-refractivity contribution in [2.45, 2.75) is 18.6 Å². The smallest absolute Gasteiger partial charge is 0.319 e. The Morgan fingerprint density at radius 2 is 1.83 bits per heavy atom. The third-order valence-corrected chi connectivity index (χ3v) is 3.66. The average molecular weight is 270 g/mol. The minimum atomic E-state index is -0.808. The summed E-state index contributed by atoms with van der Waals surface area (Å²) in [6.45, 7) is 3.86. The van der Waals surface area contributed by atoms with Crippen LogP contribution in [0.1, 0.15) is 13.8 Å². The molecule has 0 atom stereocenters. The fraction of sp³-hybridized carbons (Fsp3) is 0.462. The first-order chi connectivity index (χ1) is 8.45. The Bertz CT molecular complexity index is 386. The average Bonchev–Trinajstić information content (AvgIpc) is 2.35. The van der Waals surface area contributed by atoms with Gasteiger partial charge in [-0.2, -0.15) is 0 Å². The molecule has 1 rings (SSSR count). The molecule has 0 radical (unpaired) electrons. The number of carboxylic acid groups (broad SMARTS) is 1. The summed E-state index contributed by atoms with van der Waals surface area (Å²) >= 11 is 1.36. The normalized spacial score (nSPS) is 11.1. The lowest BCUT2D eigenvalue weighted by Gasteiger charge is -2.18. The minimum absolute atomic E-state index is 0.480. The number of rotatable bonds is 7. The van der Waals surface area contributed by atoms with E-state index in [1.165, 1.54) is 11.8 Å². The van der Waals surface area contributed by atoms with Crippen LogP contribution in [0, 0.1) is 0 Å². The number of methoxy groups -OCH3 is 1. The molecule has 0 aromatic heterocycles. The molecule has 0 fully saturated rings. The van der Waals surface area contributed by atoms with E-state index in [2.05, 4.69) is 0 Å². The van der Waals surface area contributed by atoms with Gasteiger partial charge in [-0.15, -0.1) is 11.8 Å². The summed E-state index contributed by atoms with van der Waals surface area (Å²) in [4.78, 5) is 10.9. The van der Waals surface area contributed by atoms with E-state index >= 15 is 0 Å². The molecule has 1 aromatic rings. The van der Waals surface area contributed by atoms with Gasteiger partial charge in [0, 0.05) is 5.75 Å². The van der Waals surface area contributed by atoms with Gasteiger partial charge in [-0.3, -0.25) is 4.79 Å². The molecule has 18 heavy (non-hydrogen) atoms. The molecule has 0 bridgehead atoms. The molecule has 0 aliphatic carbocycles. The van der Waals surface area contributed by atoms with Crippen LogP contribution in [-0.2, 0) is 4.79 Å². The van der Waals surface area contributed by atoms with E-state index in [9.17, 15) is 4.79 Å². The molecule has 4 nitrogen and oxygen atoms in total. The van der Waals surface area contributed by atoms with Crippen LogP contribution in [0.3, 0.4) is 0 Å². The number of aliphatic carboxylic acids is 1. The van der Waals surface area contributed by atoms with Crippen LogP contribution < -0.4 is 9.47 Å². The molecule has 0 aliphatic heterocycles. The van der Waals surface area contributed by atoms with Crippen LogP contribution in [0.4, 0.5) is 0 Å². The maximum Gasteiger partial charge on any atom is 0.319 e. The van der Waals surface area contributed by atoms with Crippen molar-refractivity contribution in [3.8, 4) is 11.5 Å². The second kappa shape index (κ2) is 6.54. The lowest BCUT2D eigenvalue weighted by molar-refractivity contribution is -0.138. The first-order valence-electron chi connectivity index (χ1n) is 5.60. The van der Waals surface area contributed by atoms with Crippen molar-refractivity contribution >= 4 is 17.7 Å². The lowest BCUT2D eigenvalue weighted by Crippen LogP contribution is -2.28. The molecule has 1 N–H and O–H groups in total. The molecule has 5 heteroatoms. The zero-order valence-electron chi connectivity index (χ0n) is 10.8. The summed E-state index contributed by atoms with van der Waals surface area (Å²) in [5, 5.41) is 8.94. The predicted octanol–water partition coefficient (Wildman–Crippen LogP) is 2.67. The van der Waals surface area contributed by atoms with Crippen LogP contribution in [0.5, 0.6) is 11.5 Å². The Hall–Kier alpha value is -1.36. The standard InChI is InChI=1S/C13H18O4S/c1-13(2,12(14)15)18-9-8-17-11-6-4-10(16-3)5-7-11/h4-7H,8-9H2,1-3H3,(H,14,15). The predicted molar refractivity (Wildman–Crippen MR) is 72.7 cm³/mol. The highest BCUT2D eigenvalue weighted by atomic mass is 32.2. The van der Waals surface area contributed by atoms with Gasteiger partial charge in [0.1, 0.15) is 16.2 Å². The van der Waals surface area contributed by atoms with Crippen molar-refractivity contribution < 1.29 is 19.4 Å². The summed E-state index contributed by atoms with van der Waals surface area (Å²) in [7, 11) is 1.61. The highest BCUT2D eigenvalue weighted by Crippen LogP contribution is 2.24. The highest BCUT2D eigenvalue weighted by Gasteiger charge is 2.27. The maximum atomic E-state index is 10.9. The molecule has 0 amide bonds. The maximum absolute atomic E-state index is 10.9. The molecule has 0 heterocycles. The zero-order valence-corrected chi connectivity index (χ0v) is 11.6. The van der Waals surface area contributed by atoms with Gasteiger partial charge in [0.05, 0.1) is 13.7 Å². The Morgan fingerprint density at radius 3 is 2.33 bits per heavy atom. The van der Waals surface area contributed by atoms with Crippen molar-refractivity contribution in [3.05, 3.63) is 24.3 Å². The number of thioether (sulfide) groups is 1. The first-order valence-corrected chi connectivity index (χ1v) is 6.58. The van der Waals surface area contributed by atoms with E-state index < -0.39 is 10.7 Å². The fourth-order valence-electron chi connectivity index (χ4n) is 1.19. The molecule has 0 unspecified atom stereocenters. The first kappa shape index (κ1) is 14.7. The van der Waals surface area contributed by atoms with Crippen LogP contribution in [0.2, 0.25) is 0 Å². The molecule has 0 spiro atoms. The summed E-state index contributed by atoms with van der Waals surface area (Å²) < 4.78 is 9.78. The van der Waals surface area contributed by atoms with Crippen LogP contribution >= 0.6 is 11.8 Å². The number of hydrogen-bond donors (Lipinski definition) is 1. The van der Waals surface area contributed by atoms with Crippen molar-refractivity contribution in [2.75, 3.05) is 19.5 Å². The van der Waals surface area contributed by atoms with Crippen molar-refractivity contribution in [2.24, 2.45) is 0 Å². The van der Waals surface area contributed by atoms with Gasteiger partial charge in [-0.1, -0.05) is 0 Å². The minimum Gasteiger partial charge on any atom is -0.497 e. The van der Waals surface area contributed by atoms with Gasteiger partial charge in [-0.25, -0.2) is 0 Å². The van der Waals surface area contributed by atoms with Crippen molar-refractivity contribution in [1.29, 1.82) is 0 Å². The summed E-state index contributed by atoms with van der Waals surface area (Å²) in [5.74, 6) is 1.36. The van der Waals surface area contributed by atoms with E-state index in [-0.39, 0.29) is 0 Å². The largest absolute Gasteiger partial charge is 0.497 e. The molecule has 100 valence electrons. The van der Waals surface area contributed by atoms with Gasteiger partial charge in [0.15, 0.2) is 0 Å². The summed E-state index contributed by atoms with van der Waals surface area (Å²) in [6, 6.07) is 7.30. The number of benzene rings is 1. The Kier molecular flexibility index (Phi) is 5.34. The zero-order chi connectivity index (χ0) is 13.6. The number of carbonyl (C=O) groups is 1. The Morgan fingerprint density at radius 1 is 1.28 bits per heavy atom. The van der Waals surface area contributed by atoms with Gasteiger partial charge < -0.3 is 14.6 Å². The van der Waals surface area contributed by atoms with Gasteiger partial charge in [0.2, 0.25) is 0 Å². The molecular formula is C13H18O4S. The third-order valence-electron chi connectivity index (χ3n) is 2.39. The second-order valence-corrected chi connectivity index (χ2v) is 5.91. The van der Waals surface area contributed by atoms with E-state index in [1.807, 2.05) is 24.3 Å². The van der Waals surface area contributed by atoms with E-state index in [4.69, 9.17) is 14.6 Å². The van der Waals surface area contributed by atoms with E-state index in [0.717, 1.165) is 11.5 Å². The van der Waals surface area contributed by atoms with E-state index in [0.29, 0.717) is 12.4 Å². The van der Waals surface area contributed by atoms with Crippen LogP contribution in [0.15, 0.2) is 24.3 Å². The quantitative estimate of drug-likeness (QED) is 0.772. The Labute approximate surface area is 111 Å². The van der Waals surface area contributed by atoms with Gasteiger partial charge in [0.25, 0.3) is 0 Å². The number of hydrogen-bond acceptors (Lipinski definition) is 4. The summed E-state index contributed by atoms with van der Waals surface area (Å²) in [6.07, 6.45) is 0. The van der Waals surface area contributed by atoms with E-state index in [1.54, 1.807) is 21.0 Å². The number of ether oxygens (including phenoxy) is 2. The van der Waals surface area contributed by atoms with Crippen molar-refractivity contribution in [3.63, 3.8) is 0 Å². The molecule has 1 aromatic carbocycles. The monoisotopic (exact) mass is 270 g/mol. The molecule has 0 saturated carbocycles. The molecule has 0 saturated heterocycles. The molecular weight excluding hydrogens is 252 g/mol. The lowest BCUT2D eigenvalue weighted by atomic mass is 10.2. The van der Waals surface area contributed by atoms with Crippen molar-refractivity contribution in [1.82, 2.24) is 0 Å². The van der Waals surface area contributed by atoms with Gasteiger partial charge in [-0.05, 0) is 38.1 Å². The third kappa shape index (κ3) is 4.49. The van der Waals surface area contributed by atoms with Crippen LogP contribution in [-0.4, -0.2) is 35.3 Å². The Balaban J connectivity index is 2.31. The van der Waals surface area contributed by atoms with Gasteiger partial charge >= 0.3 is 5.97 Å². The highest BCUT2D eigenvalue weighted by molar-refractivity contribution is 8.01.